The number of benzene rings is 3. The van der Waals surface area contributed by atoms with Crippen molar-refractivity contribution < 1.29 is 43.9 Å². The summed E-state index contributed by atoms with van der Waals surface area (Å²) in [5.74, 6) is 5.82. The highest BCUT2D eigenvalue weighted by atomic mass is 16.6. The van der Waals surface area contributed by atoms with Crippen LogP contribution in [0.2, 0.25) is 0 Å². The topological polar surface area (TPSA) is 132 Å². The van der Waals surface area contributed by atoms with Crippen LogP contribution in [0, 0.1) is 11.8 Å². The van der Waals surface area contributed by atoms with E-state index in [1.165, 1.54) is 27.2 Å². The first-order valence-corrected chi connectivity index (χ1v) is 14.5. The number of fused-ring (bicyclic) bond motifs is 1. The number of methoxy groups -OCH3 is 2. The molecule has 232 valence electrons. The van der Waals surface area contributed by atoms with Gasteiger partial charge in [0, 0.05) is 32.1 Å². The number of carbonyl (C=O) groups excluding carboxylic acids is 2. The summed E-state index contributed by atoms with van der Waals surface area (Å²) in [6, 6.07) is 15.5. The maximum Gasteiger partial charge on any atom is 0.310 e. The Morgan fingerprint density at radius 2 is 1.61 bits per heavy atom. The summed E-state index contributed by atoms with van der Waals surface area (Å²) < 4.78 is 22.4. The molecule has 1 aliphatic carbocycles. The molecule has 0 spiro atoms. The van der Waals surface area contributed by atoms with Gasteiger partial charge in [0.15, 0.2) is 23.0 Å². The van der Waals surface area contributed by atoms with Crippen molar-refractivity contribution in [1.82, 2.24) is 0 Å². The van der Waals surface area contributed by atoms with Gasteiger partial charge in [0.05, 0.1) is 27.2 Å². The summed E-state index contributed by atoms with van der Waals surface area (Å²) in [7, 11) is 2.94. The summed E-state index contributed by atoms with van der Waals surface area (Å²) >= 11 is 0. The molecule has 0 aliphatic heterocycles. The monoisotopic (exact) mass is 602 g/mol. The minimum Gasteiger partial charge on any atom is -0.504 e. The largest absolute Gasteiger partial charge is 0.504 e. The molecule has 3 aromatic carbocycles. The van der Waals surface area contributed by atoms with Gasteiger partial charge in [-0.3, -0.25) is 9.59 Å². The van der Waals surface area contributed by atoms with Crippen molar-refractivity contribution >= 4 is 11.9 Å². The van der Waals surface area contributed by atoms with Gasteiger partial charge in [0.25, 0.3) is 0 Å². The zero-order valence-corrected chi connectivity index (χ0v) is 25.2. The molecular weight excluding hydrogens is 564 g/mol. The van der Waals surface area contributed by atoms with Gasteiger partial charge in [0.1, 0.15) is 12.2 Å². The number of ether oxygens (including phenoxy) is 4. The van der Waals surface area contributed by atoms with Crippen LogP contribution < -0.4 is 9.47 Å². The number of aliphatic hydroxyl groups is 1. The molecule has 0 saturated carbocycles. The lowest BCUT2D eigenvalue weighted by molar-refractivity contribution is -0.154. The van der Waals surface area contributed by atoms with E-state index in [1.807, 2.05) is 0 Å². The zero-order valence-electron chi connectivity index (χ0n) is 25.2. The van der Waals surface area contributed by atoms with Crippen LogP contribution in [0.15, 0.2) is 54.6 Å². The van der Waals surface area contributed by atoms with Crippen molar-refractivity contribution in [2.75, 3.05) is 14.2 Å². The number of aliphatic hydroxyl groups excluding tert-OH is 1. The lowest BCUT2D eigenvalue weighted by Gasteiger charge is -2.27. The third-order valence-corrected chi connectivity index (χ3v) is 7.58. The van der Waals surface area contributed by atoms with Gasteiger partial charge < -0.3 is 34.3 Å². The second-order valence-corrected chi connectivity index (χ2v) is 10.8. The Balaban J connectivity index is 1.72. The van der Waals surface area contributed by atoms with Gasteiger partial charge in [-0.1, -0.05) is 42.2 Å². The Labute approximate surface area is 257 Å². The molecule has 44 heavy (non-hydrogen) atoms. The van der Waals surface area contributed by atoms with Gasteiger partial charge >= 0.3 is 11.9 Å². The number of rotatable bonds is 8. The van der Waals surface area contributed by atoms with Crippen LogP contribution in [0.1, 0.15) is 59.9 Å². The summed E-state index contributed by atoms with van der Waals surface area (Å²) in [5, 5.41) is 30.1. The fraction of sp³-hybridized carbons (Fsp3) is 0.371. The zero-order chi connectivity index (χ0) is 31.6. The molecule has 9 nitrogen and oxygen atoms in total. The van der Waals surface area contributed by atoms with Crippen LogP contribution in [0.5, 0.6) is 23.0 Å². The number of aromatic hydroxyl groups is 2. The Bertz CT molecular complexity index is 1530. The first kappa shape index (κ1) is 32.2. The number of esters is 2. The summed E-state index contributed by atoms with van der Waals surface area (Å²) in [6.07, 6.45) is 0.586. The predicted molar refractivity (Wildman–Crippen MR) is 163 cm³/mol. The minimum atomic E-state index is -0.666. The number of hydrogen-bond donors (Lipinski definition) is 3. The number of phenolic OH excluding ortho intramolecular Hbond substituents is 2. The van der Waals surface area contributed by atoms with Crippen molar-refractivity contribution in [3.05, 3.63) is 82.4 Å². The molecule has 3 aromatic rings. The van der Waals surface area contributed by atoms with Crippen LogP contribution in [0.25, 0.3) is 0 Å². The maximum absolute atomic E-state index is 13.2. The van der Waals surface area contributed by atoms with Crippen molar-refractivity contribution in [2.24, 2.45) is 0 Å². The highest BCUT2D eigenvalue weighted by Crippen LogP contribution is 2.34. The van der Waals surface area contributed by atoms with Gasteiger partial charge in [-0.25, -0.2) is 0 Å². The SMILES string of the molecule is COc1cc([C@@H]2C#CCc3cc(O)c(OC)cc3CC[C@H](OC(C)=O)C[C@@H](OC(=O)Cc3cccc(CO)c3)C2)ccc1O. The summed E-state index contributed by atoms with van der Waals surface area (Å²) in [6.45, 7) is 1.21. The van der Waals surface area contributed by atoms with Crippen molar-refractivity contribution in [1.29, 1.82) is 0 Å². The van der Waals surface area contributed by atoms with E-state index < -0.39 is 30.1 Å². The second kappa shape index (κ2) is 15.2. The number of carbonyl (C=O) groups is 2. The highest BCUT2D eigenvalue weighted by Gasteiger charge is 2.27. The molecule has 0 amide bonds. The van der Waals surface area contributed by atoms with Crippen molar-refractivity contribution in [3.8, 4) is 34.8 Å². The molecule has 1 aliphatic rings. The summed E-state index contributed by atoms with van der Waals surface area (Å²) in [4.78, 5) is 25.4. The van der Waals surface area contributed by atoms with Crippen LogP contribution in [0.3, 0.4) is 0 Å². The molecule has 0 bridgehead atoms. The molecule has 3 N–H and O–H groups in total. The average Bonchev–Trinajstić information content (AvgIpc) is 2.99. The molecule has 4 rings (SSSR count). The third kappa shape index (κ3) is 8.68. The van der Waals surface area contributed by atoms with Crippen LogP contribution in [-0.4, -0.2) is 53.7 Å². The molecule has 3 atom stereocenters. The highest BCUT2D eigenvalue weighted by molar-refractivity contribution is 5.73. The molecule has 0 unspecified atom stereocenters. The van der Waals surface area contributed by atoms with E-state index in [1.54, 1.807) is 48.5 Å². The Kier molecular flexibility index (Phi) is 11.1. The number of phenols is 2. The lowest BCUT2D eigenvalue weighted by Crippen LogP contribution is -2.29. The van der Waals surface area contributed by atoms with Gasteiger partial charge in [-0.2, -0.15) is 0 Å². The van der Waals surface area contributed by atoms with E-state index in [0.29, 0.717) is 42.6 Å². The molecule has 0 radical (unpaired) electrons. The molecule has 9 heteroatoms. The Hall–Kier alpha value is -4.68. The predicted octanol–water partition coefficient (Wildman–Crippen LogP) is 4.75. The van der Waals surface area contributed by atoms with E-state index in [0.717, 1.165) is 16.7 Å². The van der Waals surface area contributed by atoms with Crippen molar-refractivity contribution in [3.63, 3.8) is 0 Å². The average molecular weight is 603 g/mol. The van der Waals surface area contributed by atoms with Gasteiger partial charge in [-0.15, -0.1) is 0 Å². The Morgan fingerprint density at radius 1 is 0.864 bits per heavy atom. The number of aryl methyl sites for hydroxylation is 1. The van der Waals surface area contributed by atoms with E-state index in [9.17, 15) is 24.9 Å². The molecular formula is C35H38O9. The van der Waals surface area contributed by atoms with Gasteiger partial charge in [-0.05, 0) is 64.9 Å². The van der Waals surface area contributed by atoms with Gasteiger partial charge in [0.2, 0.25) is 0 Å². The standard InChI is InChI=1S/C35H38O9/c1-22(37)43-29-12-10-27-19-34(42-3)32(39)17-26(27)9-5-8-25(28-11-13-31(38)33(18-28)41-2)16-30(20-29)44-35(40)15-23-6-4-7-24(14-23)21-36/h4,6-7,11,13-14,17-19,25,29-30,36,38-39H,9-10,12,15-16,20-21H2,1-3H3/t25-,29+,30+/m1/s1. The van der Waals surface area contributed by atoms with Crippen LogP contribution in [-0.2, 0) is 44.9 Å². The van der Waals surface area contributed by atoms with E-state index >= 15 is 0 Å². The first-order valence-electron chi connectivity index (χ1n) is 14.5. The minimum absolute atomic E-state index is 0.00259. The molecule has 0 aromatic heterocycles. The van der Waals surface area contributed by atoms with Crippen molar-refractivity contribution in [2.45, 2.75) is 70.2 Å². The first-order chi connectivity index (χ1) is 21.2. The number of hydrogen-bond acceptors (Lipinski definition) is 9. The third-order valence-electron chi connectivity index (χ3n) is 7.58. The van der Waals surface area contributed by atoms with E-state index in [-0.39, 0.29) is 36.7 Å². The van der Waals surface area contributed by atoms with Crippen LogP contribution in [0.4, 0.5) is 0 Å². The smallest absolute Gasteiger partial charge is 0.310 e. The Morgan fingerprint density at radius 3 is 2.34 bits per heavy atom. The normalized spacial score (nSPS) is 18.3. The summed E-state index contributed by atoms with van der Waals surface area (Å²) in [5.41, 5.74) is 3.88. The fourth-order valence-corrected chi connectivity index (χ4v) is 5.43. The molecule has 0 saturated heterocycles. The molecule has 0 fully saturated rings. The van der Waals surface area contributed by atoms with E-state index in [2.05, 4.69) is 11.8 Å². The van der Waals surface area contributed by atoms with E-state index in [4.69, 9.17) is 18.9 Å². The molecule has 0 heterocycles. The quantitative estimate of drug-likeness (QED) is 0.247. The van der Waals surface area contributed by atoms with Crippen LogP contribution >= 0.6 is 0 Å². The lowest BCUT2D eigenvalue weighted by atomic mass is 9.88. The second-order valence-electron chi connectivity index (χ2n) is 10.8. The maximum atomic E-state index is 13.2. The fourth-order valence-electron chi connectivity index (χ4n) is 5.43.